The van der Waals surface area contributed by atoms with Crippen molar-refractivity contribution in [1.29, 1.82) is 0 Å². The number of rotatable bonds is 5. The number of pyridine rings is 1. The fourth-order valence-corrected chi connectivity index (χ4v) is 5.18. The summed E-state index contributed by atoms with van der Waals surface area (Å²) in [4.78, 5) is 18.9. The zero-order valence-electron chi connectivity index (χ0n) is 15.7. The molecule has 1 N–H and O–H groups in total. The molecule has 27 heavy (non-hydrogen) atoms. The van der Waals surface area contributed by atoms with Gasteiger partial charge >= 0.3 is 0 Å². The predicted octanol–water partition coefficient (Wildman–Crippen LogP) is 2.78. The van der Waals surface area contributed by atoms with E-state index in [2.05, 4.69) is 9.71 Å². The van der Waals surface area contributed by atoms with E-state index in [-0.39, 0.29) is 17.3 Å². The van der Waals surface area contributed by atoms with Gasteiger partial charge in [-0.25, -0.2) is 13.1 Å². The highest BCUT2D eigenvalue weighted by molar-refractivity contribution is 7.89. The van der Waals surface area contributed by atoms with Gasteiger partial charge in [-0.05, 0) is 55.3 Å². The Morgan fingerprint density at radius 3 is 2.89 bits per heavy atom. The molecule has 1 amide bonds. The van der Waals surface area contributed by atoms with Crippen LogP contribution >= 0.6 is 11.3 Å². The molecule has 8 heteroatoms. The van der Waals surface area contributed by atoms with Crippen LogP contribution in [-0.2, 0) is 34.3 Å². The molecule has 0 saturated heterocycles. The van der Waals surface area contributed by atoms with Crippen LogP contribution in [0.3, 0.4) is 0 Å². The Labute approximate surface area is 164 Å². The quantitative estimate of drug-likeness (QED) is 0.776. The molecule has 0 spiro atoms. The van der Waals surface area contributed by atoms with Crippen LogP contribution in [0.15, 0.2) is 39.6 Å². The lowest BCUT2D eigenvalue weighted by Crippen LogP contribution is -2.37. The summed E-state index contributed by atoms with van der Waals surface area (Å²) in [6.07, 6.45) is 4.30. The molecule has 0 unspecified atom stereocenters. The standard InChI is InChI=1S/C19H23N3O3S2/c1-4-13(2)19(23)22-7-5-17-15(11-22)9-20-14(3)18(17)10-21-27(24,25)16-6-8-26-12-16/h4,6,8-9,12,21H,5,7,10-11H2,1-3H3. The SMILES string of the molecule is CC=C(C)C(=O)N1CCc2c(cnc(C)c2CNS(=O)(=O)c2ccsc2)C1. The molecule has 0 fully saturated rings. The Morgan fingerprint density at radius 1 is 1.44 bits per heavy atom. The lowest BCUT2D eigenvalue weighted by molar-refractivity contribution is -0.128. The third-order valence-electron chi connectivity index (χ3n) is 4.90. The minimum absolute atomic E-state index is 0.0310. The first kappa shape index (κ1) is 19.7. The molecule has 0 atom stereocenters. The van der Waals surface area contributed by atoms with Crippen molar-refractivity contribution in [1.82, 2.24) is 14.6 Å². The number of carbonyl (C=O) groups excluding carboxylic acids is 1. The van der Waals surface area contributed by atoms with Gasteiger partial charge in [-0.15, -0.1) is 0 Å². The third kappa shape index (κ3) is 4.12. The second-order valence-electron chi connectivity index (χ2n) is 6.56. The zero-order chi connectivity index (χ0) is 19.6. The molecule has 0 bridgehead atoms. The number of thiophene rings is 1. The van der Waals surface area contributed by atoms with Gasteiger partial charge in [-0.1, -0.05) is 6.08 Å². The van der Waals surface area contributed by atoms with Gasteiger partial charge < -0.3 is 4.90 Å². The molecule has 3 heterocycles. The van der Waals surface area contributed by atoms with Crippen molar-refractivity contribution < 1.29 is 13.2 Å². The van der Waals surface area contributed by atoms with Crippen molar-refractivity contribution >= 4 is 27.3 Å². The van der Waals surface area contributed by atoms with E-state index in [1.807, 2.05) is 31.7 Å². The van der Waals surface area contributed by atoms with Crippen molar-refractivity contribution in [2.24, 2.45) is 0 Å². The fourth-order valence-electron chi connectivity index (χ4n) is 3.16. The topological polar surface area (TPSA) is 79.4 Å². The van der Waals surface area contributed by atoms with Crippen molar-refractivity contribution in [2.45, 2.75) is 45.2 Å². The second kappa shape index (κ2) is 7.92. The van der Waals surface area contributed by atoms with Crippen molar-refractivity contribution in [3.05, 3.63) is 57.1 Å². The molecule has 144 valence electrons. The number of nitrogens with zero attached hydrogens (tertiary/aromatic N) is 2. The monoisotopic (exact) mass is 405 g/mol. The van der Waals surface area contributed by atoms with E-state index in [9.17, 15) is 13.2 Å². The molecular formula is C19H23N3O3S2. The van der Waals surface area contributed by atoms with Crippen LogP contribution in [0.1, 0.15) is 36.2 Å². The number of allylic oxidation sites excluding steroid dienone is 1. The largest absolute Gasteiger partial charge is 0.334 e. The van der Waals surface area contributed by atoms with E-state index in [0.29, 0.717) is 19.5 Å². The molecule has 2 aromatic heterocycles. The average Bonchev–Trinajstić information content (AvgIpc) is 3.21. The number of amides is 1. The molecule has 0 radical (unpaired) electrons. The lowest BCUT2D eigenvalue weighted by Gasteiger charge is -2.30. The summed E-state index contributed by atoms with van der Waals surface area (Å²) < 4.78 is 27.5. The van der Waals surface area contributed by atoms with Crippen LogP contribution < -0.4 is 4.72 Å². The van der Waals surface area contributed by atoms with Crippen molar-refractivity contribution in [3.8, 4) is 0 Å². The first-order valence-electron chi connectivity index (χ1n) is 8.73. The molecule has 2 aromatic rings. The maximum absolute atomic E-state index is 12.4. The first-order chi connectivity index (χ1) is 12.8. The molecule has 0 saturated carbocycles. The molecule has 1 aliphatic heterocycles. The van der Waals surface area contributed by atoms with Crippen LogP contribution in [0.5, 0.6) is 0 Å². The summed E-state index contributed by atoms with van der Waals surface area (Å²) in [5, 5.41) is 3.35. The van der Waals surface area contributed by atoms with E-state index >= 15 is 0 Å². The maximum atomic E-state index is 12.4. The van der Waals surface area contributed by atoms with Gasteiger partial charge in [0, 0.05) is 42.5 Å². The number of nitrogens with one attached hydrogen (secondary N) is 1. The number of hydrogen-bond donors (Lipinski definition) is 1. The normalized spacial score (nSPS) is 14.9. The highest BCUT2D eigenvalue weighted by Gasteiger charge is 2.25. The number of aromatic nitrogens is 1. The molecule has 0 aliphatic carbocycles. The van der Waals surface area contributed by atoms with Crippen molar-refractivity contribution in [3.63, 3.8) is 0 Å². The Hall–Kier alpha value is -2.03. The van der Waals surface area contributed by atoms with E-state index in [1.54, 1.807) is 23.0 Å². The number of hydrogen-bond acceptors (Lipinski definition) is 5. The van der Waals surface area contributed by atoms with Crippen molar-refractivity contribution in [2.75, 3.05) is 6.54 Å². The summed E-state index contributed by atoms with van der Waals surface area (Å²) in [5.41, 5.74) is 4.51. The van der Waals surface area contributed by atoms with Crippen LogP contribution in [0.25, 0.3) is 0 Å². The zero-order valence-corrected chi connectivity index (χ0v) is 17.3. The smallest absolute Gasteiger partial charge is 0.249 e. The number of fused-ring (bicyclic) bond motifs is 1. The van der Waals surface area contributed by atoms with Gasteiger partial charge in [0.25, 0.3) is 0 Å². The number of sulfonamides is 1. The average molecular weight is 406 g/mol. The van der Waals surface area contributed by atoms with Gasteiger partial charge in [0.1, 0.15) is 0 Å². The molecule has 3 rings (SSSR count). The van der Waals surface area contributed by atoms with Crippen LogP contribution in [0.4, 0.5) is 0 Å². The Balaban J connectivity index is 1.82. The molecule has 0 aromatic carbocycles. The third-order valence-corrected chi connectivity index (χ3v) is 7.13. The van der Waals surface area contributed by atoms with Gasteiger partial charge in [-0.3, -0.25) is 9.78 Å². The van der Waals surface area contributed by atoms with E-state index in [1.165, 1.54) is 11.3 Å². The molecule has 1 aliphatic rings. The van der Waals surface area contributed by atoms with Crippen LogP contribution in [0.2, 0.25) is 0 Å². The lowest BCUT2D eigenvalue weighted by atomic mass is 9.94. The molecular weight excluding hydrogens is 382 g/mol. The first-order valence-corrected chi connectivity index (χ1v) is 11.2. The van der Waals surface area contributed by atoms with Gasteiger partial charge in [0.15, 0.2) is 0 Å². The summed E-state index contributed by atoms with van der Waals surface area (Å²) in [6, 6.07) is 1.59. The van der Waals surface area contributed by atoms with Crippen LogP contribution in [-0.4, -0.2) is 30.8 Å². The predicted molar refractivity (Wildman–Crippen MR) is 106 cm³/mol. The minimum Gasteiger partial charge on any atom is -0.334 e. The van der Waals surface area contributed by atoms with E-state index in [4.69, 9.17) is 0 Å². The highest BCUT2D eigenvalue weighted by atomic mass is 32.2. The number of carbonyl (C=O) groups is 1. The van der Waals surface area contributed by atoms with Crippen LogP contribution in [0, 0.1) is 6.92 Å². The minimum atomic E-state index is -3.54. The Kier molecular flexibility index (Phi) is 5.78. The fraction of sp³-hybridized carbons (Fsp3) is 0.368. The van der Waals surface area contributed by atoms with Gasteiger partial charge in [-0.2, -0.15) is 11.3 Å². The maximum Gasteiger partial charge on any atom is 0.249 e. The summed E-state index contributed by atoms with van der Waals surface area (Å²) in [7, 11) is -3.54. The van der Waals surface area contributed by atoms with E-state index in [0.717, 1.165) is 28.0 Å². The summed E-state index contributed by atoms with van der Waals surface area (Å²) >= 11 is 1.35. The molecule has 6 nitrogen and oxygen atoms in total. The summed E-state index contributed by atoms with van der Waals surface area (Å²) in [6.45, 7) is 6.86. The van der Waals surface area contributed by atoms with Gasteiger partial charge in [0.05, 0.1) is 4.90 Å². The van der Waals surface area contributed by atoms with Gasteiger partial charge in [0.2, 0.25) is 15.9 Å². The number of aryl methyl sites for hydroxylation is 1. The highest BCUT2D eigenvalue weighted by Crippen LogP contribution is 2.25. The Morgan fingerprint density at radius 2 is 2.22 bits per heavy atom. The Bertz CT molecular complexity index is 980. The van der Waals surface area contributed by atoms with E-state index < -0.39 is 10.0 Å². The summed E-state index contributed by atoms with van der Waals surface area (Å²) in [5.74, 6) is 0.0310. The second-order valence-corrected chi connectivity index (χ2v) is 9.10.